The van der Waals surface area contributed by atoms with E-state index in [1.54, 1.807) is 21.6 Å². The molecule has 1 rings (SSSR count). The lowest BCUT2D eigenvalue weighted by Crippen LogP contribution is -2.39. The molecule has 0 N–H and O–H groups in total. The summed E-state index contributed by atoms with van der Waals surface area (Å²) in [5, 5.41) is 0. The summed E-state index contributed by atoms with van der Waals surface area (Å²) in [6, 6.07) is 10.6. The van der Waals surface area contributed by atoms with Gasteiger partial charge in [0.05, 0.1) is 0 Å². The van der Waals surface area contributed by atoms with Crippen LogP contribution in [0.25, 0.3) is 0 Å². The fourth-order valence-corrected chi connectivity index (χ4v) is 9.14. The molecule has 0 aliphatic heterocycles. The minimum absolute atomic E-state index is 0.432. The summed E-state index contributed by atoms with van der Waals surface area (Å²) < 4.78 is 1.95. The molecule has 0 aliphatic carbocycles. The molecule has 0 unspecified atom stereocenters. The maximum atomic E-state index is 5.63. The first-order chi connectivity index (χ1) is 14.0. The van der Waals surface area contributed by atoms with Gasteiger partial charge in [0.2, 0.25) is 0 Å². The summed E-state index contributed by atoms with van der Waals surface area (Å²) in [4.78, 5) is 4.60. The van der Waals surface area contributed by atoms with Gasteiger partial charge in [0.15, 0.2) is 0 Å². The molecule has 0 aromatic heterocycles. The van der Waals surface area contributed by atoms with Gasteiger partial charge in [0.25, 0.3) is 0 Å². The maximum Gasteiger partial charge on any atom is 0.147 e. The Balaban J connectivity index is 2.43. The van der Waals surface area contributed by atoms with Crippen LogP contribution < -0.4 is 0 Å². The summed E-state index contributed by atoms with van der Waals surface area (Å²) in [6.45, 7) is 17.6. The first-order valence-electron chi connectivity index (χ1n) is 10.4. The van der Waals surface area contributed by atoms with Crippen LogP contribution in [0, 0.1) is 0 Å². The van der Waals surface area contributed by atoms with Gasteiger partial charge >= 0.3 is 0 Å². The first kappa shape index (κ1) is 28.4. The lowest BCUT2D eigenvalue weighted by Gasteiger charge is -2.32. The van der Waals surface area contributed by atoms with Crippen molar-refractivity contribution < 1.29 is 0 Å². The first-order valence-corrected chi connectivity index (χ1v) is 15.8. The number of thiocarbonyl (C=S) groups is 2. The molecule has 30 heavy (non-hydrogen) atoms. The van der Waals surface area contributed by atoms with E-state index in [0.717, 1.165) is 20.1 Å². The van der Waals surface area contributed by atoms with E-state index < -0.39 is 0 Å². The standard InChI is InChI=1S/C22H36N2S6/c1-15(2)23(16(3)4)21(25)29-27-13-19-9-11-20(12-10-19)14-28-30-22(26)24(17(5)6)18(7)8/h9-12,15-18H,13-14H2,1-8H3. The third-order valence-electron chi connectivity index (χ3n) is 4.38. The van der Waals surface area contributed by atoms with Gasteiger partial charge in [-0.15, -0.1) is 0 Å². The molecule has 0 bridgehead atoms. The predicted molar refractivity (Wildman–Crippen MR) is 154 cm³/mol. The van der Waals surface area contributed by atoms with Crippen LogP contribution in [0.3, 0.4) is 0 Å². The van der Waals surface area contributed by atoms with Crippen LogP contribution in [0.15, 0.2) is 24.3 Å². The minimum Gasteiger partial charge on any atom is -0.352 e. The summed E-state index contributed by atoms with van der Waals surface area (Å²) in [7, 11) is 7.06. The van der Waals surface area contributed by atoms with Crippen LogP contribution >= 0.6 is 67.6 Å². The van der Waals surface area contributed by atoms with Crippen molar-refractivity contribution in [2.45, 2.75) is 91.1 Å². The smallest absolute Gasteiger partial charge is 0.147 e. The molecule has 2 nitrogen and oxygen atoms in total. The highest BCUT2D eigenvalue weighted by molar-refractivity contribution is 8.83. The van der Waals surface area contributed by atoms with E-state index in [4.69, 9.17) is 24.4 Å². The molecule has 0 spiro atoms. The number of rotatable bonds is 10. The van der Waals surface area contributed by atoms with Crippen molar-refractivity contribution in [3.8, 4) is 0 Å². The molecule has 0 aliphatic rings. The Labute approximate surface area is 211 Å². The number of hydrogen-bond acceptors (Lipinski definition) is 6. The molecular formula is C22H36N2S6. The predicted octanol–water partition coefficient (Wildman–Crippen LogP) is 8.26. The zero-order valence-electron chi connectivity index (χ0n) is 19.4. The average molecular weight is 521 g/mol. The van der Waals surface area contributed by atoms with Crippen LogP contribution in [-0.2, 0) is 11.5 Å². The van der Waals surface area contributed by atoms with Crippen LogP contribution in [0.1, 0.15) is 66.5 Å². The highest BCUT2D eigenvalue weighted by atomic mass is 33.1. The van der Waals surface area contributed by atoms with E-state index in [1.807, 2.05) is 21.6 Å². The molecule has 0 fully saturated rings. The number of hydrogen-bond donors (Lipinski definition) is 0. The third-order valence-corrected chi connectivity index (χ3v) is 10.1. The van der Waals surface area contributed by atoms with Crippen molar-refractivity contribution in [1.29, 1.82) is 0 Å². The van der Waals surface area contributed by atoms with E-state index in [9.17, 15) is 0 Å². The van der Waals surface area contributed by atoms with Crippen molar-refractivity contribution in [3.63, 3.8) is 0 Å². The van der Waals surface area contributed by atoms with Crippen molar-refractivity contribution in [3.05, 3.63) is 35.4 Å². The Morgan fingerprint density at radius 3 is 1.13 bits per heavy atom. The Morgan fingerprint density at radius 2 is 0.900 bits per heavy atom. The van der Waals surface area contributed by atoms with Gasteiger partial charge < -0.3 is 9.80 Å². The Bertz CT molecular complexity index is 585. The van der Waals surface area contributed by atoms with Crippen LogP contribution in [0.2, 0.25) is 0 Å². The highest BCUT2D eigenvalue weighted by Crippen LogP contribution is 2.32. The molecule has 1 aromatic rings. The van der Waals surface area contributed by atoms with E-state index >= 15 is 0 Å². The van der Waals surface area contributed by atoms with Crippen molar-refractivity contribution >= 4 is 76.3 Å². The second kappa shape index (κ2) is 14.5. The molecule has 0 amide bonds. The fraction of sp³-hybridized carbons (Fsp3) is 0.636. The summed E-state index contributed by atoms with van der Waals surface area (Å²) >= 11 is 11.3. The largest absolute Gasteiger partial charge is 0.352 e. The molecule has 1 aromatic carbocycles. The third kappa shape index (κ3) is 9.90. The summed E-state index contributed by atoms with van der Waals surface area (Å²) in [5.74, 6) is 1.91. The lowest BCUT2D eigenvalue weighted by atomic mass is 10.2. The van der Waals surface area contributed by atoms with Gasteiger partial charge in [-0.3, -0.25) is 0 Å². The van der Waals surface area contributed by atoms with Crippen molar-refractivity contribution in [2.75, 3.05) is 0 Å². The van der Waals surface area contributed by atoms with Gasteiger partial charge in [-0.2, -0.15) is 0 Å². The normalized spacial score (nSPS) is 11.6. The topological polar surface area (TPSA) is 6.48 Å². The maximum absolute atomic E-state index is 5.63. The van der Waals surface area contributed by atoms with Crippen LogP contribution in [-0.4, -0.2) is 42.6 Å². The molecule has 0 radical (unpaired) electrons. The molecule has 0 saturated heterocycles. The Hall–Kier alpha value is 0.400. The van der Waals surface area contributed by atoms with E-state index in [1.165, 1.54) is 11.1 Å². The number of benzene rings is 1. The number of nitrogens with zero attached hydrogens (tertiary/aromatic N) is 2. The summed E-state index contributed by atoms with van der Waals surface area (Å²) in [5.41, 5.74) is 2.66. The molecular weight excluding hydrogens is 485 g/mol. The average Bonchev–Trinajstić information content (AvgIpc) is 2.61. The minimum atomic E-state index is 0.432. The van der Waals surface area contributed by atoms with Gasteiger partial charge in [-0.1, -0.05) is 70.3 Å². The quantitative estimate of drug-likeness (QED) is 0.222. The van der Waals surface area contributed by atoms with Gasteiger partial charge in [-0.05, 0) is 88.1 Å². The van der Waals surface area contributed by atoms with E-state index in [-0.39, 0.29) is 0 Å². The van der Waals surface area contributed by atoms with E-state index in [0.29, 0.717) is 24.2 Å². The van der Waals surface area contributed by atoms with Crippen LogP contribution in [0.5, 0.6) is 0 Å². The lowest BCUT2D eigenvalue weighted by molar-refractivity contribution is 0.303. The van der Waals surface area contributed by atoms with Gasteiger partial charge in [-0.25, -0.2) is 0 Å². The fourth-order valence-electron chi connectivity index (χ4n) is 3.15. The SMILES string of the molecule is CC(C)N(C(=S)SSCc1ccc(CSSC(=S)N(C(C)C)C(C)C)cc1)C(C)C. The Kier molecular flexibility index (Phi) is 13.8. The Morgan fingerprint density at radius 1 is 0.633 bits per heavy atom. The van der Waals surface area contributed by atoms with Crippen molar-refractivity contribution in [2.24, 2.45) is 0 Å². The van der Waals surface area contributed by atoms with Gasteiger partial charge in [0, 0.05) is 35.7 Å². The van der Waals surface area contributed by atoms with Crippen LogP contribution in [0.4, 0.5) is 0 Å². The zero-order chi connectivity index (χ0) is 22.8. The highest BCUT2D eigenvalue weighted by Gasteiger charge is 2.18. The zero-order valence-corrected chi connectivity index (χ0v) is 24.3. The second-order valence-corrected chi connectivity index (χ2v) is 14.1. The van der Waals surface area contributed by atoms with Crippen molar-refractivity contribution in [1.82, 2.24) is 9.80 Å². The molecule has 8 heteroatoms. The second-order valence-electron chi connectivity index (χ2n) is 8.23. The summed E-state index contributed by atoms with van der Waals surface area (Å²) in [6.07, 6.45) is 0. The molecule has 0 heterocycles. The molecule has 0 atom stereocenters. The van der Waals surface area contributed by atoms with E-state index in [2.05, 4.69) is 89.5 Å². The molecule has 0 saturated carbocycles. The molecule has 170 valence electrons. The van der Waals surface area contributed by atoms with Gasteiger partial charge in [0.1, 0.15) is 8.64 Å². The monoisotopic (exact) mass is 520 g/mol.